The Labute approximate surface area is 156 Å². The molecule has 2 heteroatoms. The van der Waals surface area contributed by atoms with Crippen molar-refractivity contribution in [3.63, 3.8) is 0 Å². The number of para-hydroxylation sites is 2. The molecule has 132 valence electrons. The van der Waals surface area contributed by atoms with E-state index >= 15 is 0 Å². The quantitative estimate of drug-likeness (QED) is 0.543. The zero-order valence-electron chi connectivity index (χ0n) is 15.8. The lowest BCUT2D eigenvalue weighted by atomic mass is 9.94. The monoisotopic (exact) mass is 343 g/mol. The average Bonchev–Trinajstić information content (AvgIpc) is 2.64. The van der Waals surface area contributed by atoms with Crippen molar-refractivity contribution >= 4 is 17.1 Å². The fraction of sp³-hybridized carbons (Fsp3) is 0.250. The molecule has 1 heterocycles. The molecule has 4 rings (SSSR count). The Kier molecular flexibility index (Phi) is 4.42. The van der Waals surface area contributed by atoms with Crippen LogP contribution in [0.1, 0.15) is 28.7 Å². The van der Waals surface area contributed by atoms with E-state index in [0.29, 0.717) is 0 Å². The van der Waals surface area contributed by atoms with Crippen LogP contribution in [-0.2, 0) is 12.8 Å². The first-order valence-electron chi connectivity index (χ1n) is 9.29. The summed E-state index contributed by atoms with van der Waals surface area (Å²) in [4.78, 5) is 2.38. The Balaban J connectivity index is 2.01. The van der Waals surface area contributed by atoms with Gasteiger partial charge in [0.1, 0.15) is 5.75 Å². The molecule has 0 spiro atoms. The van der Waals surface area contributed by atoms with Gasteiger partial charge in [0.15, 0.2) is 0 Å². The zero-order valence-corrected chi connectivity index (χ0v) is 15.8. The highest BCUT2D eigenvalue weighted by Crippen LogP contribution is 2.44. The number of fused-ring (bicyclic) bond motifs is 2. The van der Waals surface area contributed by atoms with Gasteiger partial charge < -0.3 is 9.64 Å². The van der Waals surface area contributed by atoms with Crippen molar-refractivity contribution in [2.75, 3.05) is 12.0 Å². The van der Waals surface area contributed by atoms with Gasteiger partial charge in [-0.3, -0.25) is 0 Å². The van der Waals surface area contributed by atoms with Crippen LogP contribution < -0.4 is 9.64 Å². The molecule has 0 saturated heterocycles. The van der Waals surface area contributed by atoms with E-state index in [2.05, 4.69) is 67.3 Å². The standard InChI is InChI=1S/C24H25NO/c1-17-11-13-21-19(15-17)7-6-8-20-16-18(2)12-14-22(20)25(21)23-9-4-5-10-24(23)26-3/h4-5,9-16H,6-8H2,1-3H3. The highest BCUT2D eigenvalue weighted by molar-refractivity contribution is 5.83. The van der Waals surface area contributed by atoms with E-state index < -0.39 is 0 Å². The molecule has 0 radical (unpaired) electrons. The van der Waals surface area contributed by atoms with Crippen LogP contribution in [0.15, 0.2) is 60.7 Å². The molecule has 0 unspecified atom stereocenters. The molecule has 26 heavy (non-hydrogen) atoms. The third kappa shape index (κ3) is 2.96. The summed E-state index contributed by atoms with van der Waals surface area (Å²) in [7, 11) is 1.75. The van der Waals surface area contributed by atoms with Crippen molar-refractivity contribution in [1.29, 1.82) is 0 Å². The molecule has 3 aromatic rings. The fourth-order valence-electron chi connectivity index (χ4n) is 3.94. The van der Waals surface area contributed by atoms with Gasteiger partial charge in [0.2, 0.25) is 0 Å². The number of ether oxygens (including phenoxy) is 1. The van der Waals surface area contributed by atoms with Gasteiger partial charge in [-0.1, -0.05) is 47.5 Å². The van der Waals surface area contributed by atoms with Gasteiger partial charge in [-0.05, 0) is 68.5 Å². The lowest BCUT2D eigenvalue weighted by Crippen LogP contribution is -2.17. The van der Waals surface area contributed by atoms with Crippen LogP contribution >= 0.6 is 0 Å². The van der Waals surface area contributed by atoms with Crippen LogP contribution in [0.3, 0.4) is 0 Å². The summed E-state index contributed by atoms with van der Waals surface area (Å²) >= 11 is 0. The Hall–Kier alpha value is -2.74. The minimum Gasteiger partial charge on any atom is -0.495 e. The molecule has 0 atom stereocenters. The third-order valence-corrected chi connectivity index (χ3v) is 5.17. The van der Waals surface area contributed by atoms with E-state index in [1.165, 1.54) is 40.0 Å². The van der Waals surface area contributed by atoms with Crippen LogP contribution in [-0.4, -0.2) is 7.11 Å². The smallest absolute Gasteiger partial charge is 0.142 e. The van der Waals surface area contributed by atoms with Crippen molar-refractivity contribution < 1.29 is 4.74 Å². The van der Waals surface area contributed by atoms with Gasteiger partial charge >= 0.3 is 0 Å². The number of rotatable bonds is 2. The van der Waals surface area contributed by atoms with Crippen molar-refractivity contribution in [3.05, 3.63) is 82.9 Å². The molecule has 2 nitrogen and oxygen atoms in total. The number of methoxy groups -OCH3 is 1. The van der Waals surface area contributed by atoms with Crippen molar-refractivity contribution in [3.8, 4) is 5.75 Å². The summed E-state index contributed by atoms with van der Waals surface area (Å²) in [5.74, 6) is 0.895. The van der Waals surface area contributed by atoms with Gasteiger partial charge in [-0.2, -0.15) is 0 Å². The second kappa shape index (κ2) is 6.87. The van der Waals surface area contributed by atoms with Crippen LogP contribution in [0.2, 0.25) is 0 Å². The maximum absolute atomic E-state index is 5.71. The molecular weight excluding hydrogens is 318 g/mol. The topological polar surface area (TPSA) is 12.5 Å². The minimum atomic E-state index is 0.895. The van der Waals surface area contributed by atoms with Crippen LogP contribution in [0.25, 0.3) is 0 Å². The SMILES string of the molecule is COc1ccccc1N1c2ccc(C)cc2CCCc2cc(C)ccc21. The Bertz CT molecular complexity index is 891. The van der Waals surface area contributed by atoms with Crippen molar-refractivity contribution in [2.24, 2.45) is 0 Å². The molecule has 0 N–H and O–H groups in total. The molecule has 0 aromatic heterocycles. The van der Waals surface area contributed by atoms with Crippen molar-refractivity contribution in [1.82, 2.24) is 0 Å². The summed E-state index contributed by atoms with van der Waals surface area (Å²) in [5, 5.41) is 0. The van der Waals surface area contributed by atoms with E-state index in [9.17, 15) is 0 Å². The van der Waals surface area contributed by atoms with Gasteiger partial charge in [-0.25, -0.2) is 0 Å². The second-order valence-corrected chi connectivity index (χ2v) is 7.13. The first-order valence-corrected chi connectivity index (χ1v) is 9.29. The van der Waals surface area contributed by atoms with E-state index in [0.717, 1.165) is 24.3 Å². The Morgan fingerprint density at radius 2 is 1.31 bits per heavy atom. The van der Waals surface area contributed by atoms with Gasteiger partial charge in [0.05, 0.1) is 12.8 Å². The summed E-state index contributed by atoms with van der Waals surface area (Å²) in [5.41, 5.74) is 9.04. The predicted molar refractivity (Wildman–Crippen MR) is 109 cm³/mol. The summed E-state index contributed by atoms with van der Waals surface area (Å²) in [6, 6.07) is 21.9. The molecule has 1 aliphatic heterocycles. The van der Waals surface area contributed by atoms with E-state index in [4.69, 9.17) is 4.74 Å². The number of benzene rings is 3. The molecule has 1 aliphatic rings. The summed E-state index contributed by atoms with van der Waals surface area (Å²) < 4.78 is 5.71. The number of aryl methyl sites for hydroxylation is 4. The summed E-state index contributed by atoms with van der Waals surface area (Å²) in [6.07, 6.45) is 3.36. The third-order valence-electron chi connectivity index (χ3n) is 5.17. The molecule has 0 aliphatic carbocycles. The Morgan fingerprint density at radius 3 is 1.88 bits per heavy atom. The van der Waals surface area contributed by atoms with Crippen molar-refractivity contribution in [2.45, 2.75) is 33.1 Å². The van der Waals surface area contributed by atoms with Crippen LogP contribution in [0, 0.1) is 13.8 Å². The lowest BCUT2D eigenvalue weighted by molar-refractivity contribution is 0.416. The second-order valence-electron chi connectivity index (χ2n) is 7.13. The first-order chi connectivity index (χ1) is 12.7. The molecule has 0 saturated carbocycles. The van der Waals surface area contributed by atoms with Crippen LogP contribution in [0.5, 0.6) is 5.75 Å². The predicted octanol–water partition coefficient (Wildman–Crippen LogP) is 6.27. The zero-order chi connectivity index (χ0) is 18.1. The highest BCUT2D eigenvalue weighted by Gasteiger charge is 2.23. The van der Waals surface area contributed by atoms with Crippen LogP contribution in [0.4, 0.5) is 17.1 Å². The molecule has 0 fully saturated rings. The molecule has 0 amide bonds. The fourth-order valence-corrected chi connectivity index (χ4v) is 3.94. The number of hydrogen-bond acceptors (Lipinski definition) is 2. The normalized spacial score (nSPS) is 13.4. The highest BCUT2D eigenvalue weighted by atomic mass is 16.5. The largest absolute Gasteiger partial charge is 0.495 e. The van der Waals surface area contributed by atoms with Gasteiger partial charge in [-0.15, -0.1) is 0 Å². The molecule has 3 aromatic carbocycles. The van der Waals surface area contributed by atoms with Gasteiger partial charge in [0.25, 0.3) is 0 Å². The number of hydrogen-bond donors (Lipinski definition) is 0. The maximum Gasteiger partial charge on any atom is 0.142 e. The van der Waals surface area contributed by atoms with E-state index in [1.807, 2.05) is 12.1 Å². The van der Waals surface area contributed by atoms with E-state index in [1.54, 1.807) is 7.11 Å². The van der Waals surface area contributed by atoms with E-state index in [-0.39, 0.29) is 0 Å². The average molecular weight is 343 g/mol. The maximum atomic E-state index is 5.71. The number of nitrogens with zero attached hydrogens (tertiary/aromatic N) is 1. The summed E-state index contributed by atoms with van der Waals surface area (Å²) in [6.45, 7) is 4.34. The number of anilines is 3. The lowest BCUT2D eigenvalue weighted by Gasteiger charge is -2.32. The first kappa shape index (κ1) is 16.7. The molecular formula is C24H25NO. The van der Waals surface area contributed by atoms with Gasteiger partial charge in [0, 0.05) is 11.4 Å². The minimum absolute atomic E-state index is 0.895. The Morgan fingerprint density at radius 1 is 0.731 bits per heavy atom. The molecule has 0 bridgehead atoms.